The van der Waals surface area contributed by atoms with Crippen LogP contribution in [0.5, 0.6) is 0 Å². The maximum absolute atomic E-state index is 13.3. The van der Waals surface area contributed by atoms with Crippen LogP contribution in [0.25, 0.3) is 0 Å². The predicted octanol–water partition coefficient (Wildman–Crippen LogP) is 3.71. The van der Waals surface area contributed by atoms with Gasteiger partial charge in [0.2, 0.25) is 5.91 Å². The highest BCUT2D eigenvalue weighted by Gasteiger charge is 2.05. The first kappa shape index (κ1) is 13.3. The molecule has 0 atom stereocenters. The molecule has 19 heavy (non-hydrogen) atoms. The Morgan fingerprint density at radius 2 is 1.89 bits per heavy atom. The van der Waals surface area contributed by atoms with Gasteiger partial charge in [-0.1, -0.05) is 36.4 Å². The van der Waals surface area contributed by atoms with E-state index in [-0.39, 0.29) is 11.7 Å². The summed E-state index contributed by atoms with van der Waals surface area (Å²) in [7, 11) is 0. The second kappa shape index (κ2) is 6.14. The molecular formula is C16H16FNO. The Labute approximate surface area is 112 Å². The molecule has 0 fully saturated rings. The third kappa shape index (κ3) is 3.91. The van der Waals surface area contributed by atoms with Gasteiger partial charge in [-0.05, 0) is 36.6 Å². The molecule has 3 heteroatoms. The fraction of sp³-hybridized carbons (Fsp3) is 0.188. The van der Waals surface area contributed by atoms with Crippen molar-refractivity contribution in [2.45, 2.75) is 19.8 Å². The summed E-state index contributed by atoms with van der Waals surface area (Å²) in [5.41, 5.74) is 2.19. The van der Waals surface area contributed by atoms with Crippen LogP contribution < -0.4 is 5.32 Å². The monoisotopic (exact) mass is 257 g/mol. The largest absolute Gasteiger partial charge is 0.326 e. The SMILES string of the molecule is Cc1ccc(NC(=O)CCc2ccccc2)cc1F. The number of carbonyl (C=O) groups is 1. The number of hydrogen-bond donors (Lipinski definition) is 1. The van der Waals surface area contributed by atoms with Crippen LogP contribution in [0, 0.1) is 12.7 Å². The molecule has 1 amide bonds. The predicted molar refractivity (Wildman–Crippen MR) is 74.5 cm³/mol. The summed E-state index contributed by atoms with van der Waals surface area (Å²) in [5, 5.41) is 2.70. The van der Waals surface area contributed by atoms with Gasteiger partial charge in [0.1, 0.15) is 5.82 Å². The quantitative estimate of drug-likeness (QED) is 0.889. The standard InChI is InChI=1S/C16H16FNO/c1-12-7-9-14(11-15(12)17)18-16(19)10-8-13-5-3-2-4-6-13/h2-7,9,11H,8,10H2,1H3,(H,18,19). The van der Waals surface area contributed by atoms with Gasteiger partial charge in [-0.3, -0.25) is 4.79 Å². The second-order valence-corrected chi connectivity index (χ2v) is 4.50. The van der Waals surface area contributed by atoms with Gasteiger partial charge in [0.15, 0.2) is 0 Å². The van der Waals surface area contributed by atoms with Crippen molar-refractivity contribution in [3.8, 4) is 0 Å². The van der Waals surface area contributed by atoms with E-state index in [9.17, 15) is 9.18 Å². The molecule has 2 nitrogen and oxygen atoms in total. The van der Waals surface area contributed by atoms with Crippen LogP contribution in [-0.4, -0.2) is 5.91 Å². The van der Waals surface area contributed by atoms with E-state index >= 15 is 0 Å². The minimum atomic E-state index is -0.305. The molecular weight excluding hydrogens is 241 g/mol. The van der Waals surface area contributed by atoms with E-state index in [1.54, 1.807) is 19.1 Å². The van der Waals surface area contributed by atoms with Crippen molar-refractivity contribution in [2.75, 3.05) is 5.32 Å². The van der Waals surface area contributed by atoms with Gasteiger partial charge < -0.3 is 5.32 Å². The van der Waals surface area contributed by atoms with Gasteiger partial charge in [0.05, 0.1) is 0 Å². The first-order chi connectivity index (χ1) is 9.15. The lowest BCUT2D eigenvalue weighted by atomic mass is 10.1. The number of rotatable bonds is 4. The molecule has 0 aromatic heterocycles. The Bertz CT molecular complexity index is 566. The summed E-state index contributed by atoms with van der Waals surface area (Å²) < 4.78 is 13.3. The smallest absolute Gasteiger partial charge is 0.224 e. The van der Waals surface area contributed by atoms with E-state index in [1.807, 2.05) is 30.3 Å². The molecule has 2 aromatic rings. The molecule has 1 N–H and O–H groups in total. The zero-order chi connectivity index (χ0) is 13.7. The molecule has 0 radical (unpaired) electrons. The third-order valence-corrected chi connectivity index (χ3v) is 2.94. The van der Waals surface area contributed by atoms with Crippen LogP contribution in [0.15, 0.2) is 48.5 Å². The van der Waals surface area contributed by atoms with Gasteiger partial charge in [-0.25, -0.2) is 4.39 Å². The van der Waals surface area contributed by atoms with Gasteiger partial charge in [0.25, 0.3) is 0 Å². The number of hydrogen-bond acceptors (Lipinski definition) is 1. The Morgan fingerprint density at radius 3 is 2.58 bits per heavy atom. The molecule has 0 bridgehead atoms. The zero-order valence-corrected chi connectivity index (χ0v) is 10.8. The number of anilines is 1. The van der Waals surface area contributed by atoms with Crippen molar-refractivity contribution in [1.29, 1.82) is 0 Å². The lowest BCUT2D eigenvalue weighted by Crippen LogP contribution is -2.12. The van der Waals surface area contributed by atoms with Crippen LogP contribution in [-0.2, 0) is 11.2 Å². The molecule has 0 aliphatic carbocycles. The summed E-state index contributed by atoms with van der Waals surface area (Å²) in [6.07, 6.45) is 1.07. The van der Waals surface area contributed by atoms with Crippen molar-refractivity contribution in [2.24, 2.45) is 0 Å². The molecule has 98 valence electrons. The Morgan fingerprint density at radius 1 is 1.16 bits per heavy atom. The van der Waals surface area contributed by atoms with Gasteiger partial charge in [-0.2, -0.15) is 0 Å². The van der Waals surface area contributed by atoms with E-state index in [1.165, 1.54) is 6.07 Å². The molecule has 0 aliphatic rings. The molecule has 0 saturated heterocycles. The zero-order valence-electron chi connectivity index (χ0n) is 10.8. The lowest BCUT2D eigenvalue weighted by Gasteiger charge is -2.06. The Kier molecular flexibility index (Phi) is 4.29. The average molecular weight is 257 g/mol. The van der Waals surface area contributed by atoms with Gasteiger partial charge in [-0.15, -0.1) is 0 Å². The minimum Gasteiger partial charge on any atom is -0.326 e. The van der Waals surface area contributed by atoms with E-state index in [4.69, 9.17) is 0 Å². The molecule has 2 rings (SSSR count). The van der Waals surface area contributed by atoms with Crippen LogP contribution in [0.4, 0.5) is 10.1 Å². The number of aryl methyl sites for hydroxylation is 2. The minimum absolute atomic E-state index is 0.105. The highest BCUT2D eigenvalue weighted by atomic mass is 19.1. The number of benzene rings is 2. The van der Waals surface area contributed by atoms with E-state index in [0.717, 1.165) is 5.56 Å². The molecule has 0 spiro atoms. The summed E-state index contributed by atoms with van der Waals surface area (Å²) in [5.74, 6) is -0.409. The van der Waals surface area contributed by atoms with Crippen LogP contribution in [0.2, 0.25) is 0 Å². The van der Waals surface area contributed by atoms with Crippen LogP contribution in [0.1, 0.15) is 17.5 Å². The summed E-state index contributed by atoms with van der Waals surface area (Å²) in [6.45, 7) is 1.69. The fourth-order valence-corrected chi connectivity index (χ4v) is 1.80. The van der Waals surface area contributed by atoms with Gasteiger partial charge >= 0.3 is 0 Å². The number of carbonyl (C=O) groups excluding carboxylic acids is 1. The molecule has 0 unspecified atom stereocenters. The Balaban J connectivity index is 1.89. The number of amides is 1. The van der Waals surface area contributed by atoms with E-state index in [0.29, 0.717) is 24.1 Å². The highest BCUT2D eigenvalue weighted by molar-refractivity contribution is 5.90. The summed E-state index contributed by atoms with van der Waals surface area (Å²) >= 11 is 0. The van der Waals surface area contributed by atoms with Crippen molar-refractivity contribution < 1.29 is 9.18 Å². The van der Waals surface area contributed by atoms with E-state index in [2.05, 4.69) is 5.32 Å². The fourth-order valence-electron chi connectivity index (χ4n) is 1.80. The van der Waals surface area contributed by atoms with Crippen LogP contribution >= 0.6 is 0 Å². The summed E-state index contributed by atoms with van der Waals surface area (Å²) in [4.78, 5) is 11.7. The van der Waals surface area contributed by atoms with Crippen molar-refractivity contribution >= 4 is 11.6 Å². The maximum Gasteiger partial charge on any atom is 0.224 e. The van der Waals surface area contributed by atoms with Crippen molar-refractivity contribution in [3.63, 3.8) is 0 Å². The molecule has 0 saturated carbocycles. The second-order valence-electron chi connectivity index (χ2n) is 4.50. The Hall–Kier alpha value is -2.16. The average Bonchev–Trinajstić information content (AvgIpc) is 2.42. The van der Waals surface area contributed by atoms with Crippen LogP contribution in [0.3, 0.4) is 0 Å². The number of halogens is 1. The highest BCUT2D eigenvalue weighted by Crippen LogP contribution is 2.14. The van der Waals surface area contributed by atoms with Crippen molar-refractivity contribution in [1.82, 2.24) is 0 Å². The maximum atomic E-state index is 13.3. The number of nitrogens with one attached hydrogen (secondary N) is 1. The van der Waals surface area contributed by atoms with E-state index < -0.39 is 0 Å². The topological polar surface area (TPSA) is 29.1 Å². The first-order valence-corrected chi connectivity index (χ1v) is 6.25. The lowest BCUT2D eigenvalue weighted by molar-refractivity contribution is -0.116. The normalized spacial score (nSPS) is 10.2. The first-order valence-electron chi connectivity index (χ1n) is 6.25. The third-order valence-electron chi connectivity index (χ3n) is 2.94. The molecule has 0 aliphatic heterocycles. The van der Waals surface area contributed by atoms with Gasteiger partial charge in [0, 0.05) is 12.1 Å². The summed E-state index contributed by atoms with van der Waals surface area (Å²) in [6, 6.07) is 14.5. The molecule has 2 aromatic carbocycles. The molecule has 0 heterocycles. The van der Waals surface area contributed by atoms with Crippen molar-refractivity contribution in [3.05, 3.63) is 65.5 Å².